The summed E-state index contributed by atoms with van der Waals surface area (Å²) in [4.78, 5) is 19.3. The summed E-state index contributed by atoms with van der Waals surface area (Å²) in [6.45, 7) is 4.62. The van der Waals surface area contributed by atoms with E-state index < -0.39 is 0 Å². The van der Waals surface area contributed by atoms with Crippen molar-refractivity contribution >= 4 is 45.9 Å². The van der Waals surface area contributed by atoms with E-state index in [1.54, 1.807) is 25.6 Å². The molecule has 1 aliphatic heterocycles. The molecule has 9 heteroatoms. The minimum absolute atomic E-state index is 0. The van der Waals surface area contributed by atoms with E-state index in [0.717, 1.165) is 40.9 Å². The molecule has 0 radical (unpaired) electrons. The number of nitrogens with zero attached hydrogens (tertiary/aromatic N) is 3. The topological polar surface area (TPSA) is 78.9 Å². The molecule has 1 amide bonds. The standard InChI is InChI=1S/C25H26FN3O2.2BrH.H2O/c1-17-15-28(16-27-17)23-11-6-19(14-24(23)31-3)13-21-5-4-12-29(25(21)30)18(2)20-7-9-22(26)10-8-20;;;/h6-11,13-16,18H,4-5,12H2,1-3H3;2*1H;1H2/t18-;;;/m0.../s1. The maximum absolute atomic E-state index is 13.3. The minimum atomic E-state index is -0.273. The zero-order valence-electron chi connectivity index (χ0n) is 19.3. The highest BCUT2D eigenvalue weighted by Crippen LogP contribution is 2.30. The van der Waals surface area contributed by atoms with Crippen LogP contribution in [0.25, 0.3) is 11.8 Å². The molecule has 0 aliphatic carbocycles. The van der Waals surface area contributed by atoms with Crippen molar-refractivity contribution in [1.29, 1.82) is 0 Å². The summed E-state index contributed by atoms with van der Waals surface area (Å²) in [5.41, 5.74) is 4.44. The predicted octanol–water partition coefficient (Wildman–Crippen LogP) is 5.43. The number of ether oxygens (including phenoxy) is 1. The zero-order valence-corrected chi connectivity index (χ0v) is 22.8. The summed E-state index contributed by atoms with van der Waals surface area (Å²) in [6, 6.07) is 12.1. The van der Waals surface area contributed by atoms with Gasteiger partial charge >= 0.3 is 0 Å². The Bertz CT molecular complexity index is 1130. The lowest BCUT2D eigenvalue weighted by molar-refractivity contribution is -0.130. The van der Waals surface area contributed by atoms with E-state index in [9.17, 15) is 9.18 Å². The molecule has 0 saturated carbocycles. The van der Waals surface area contributed by atoms with Crippen LogP contribution in [0.3, 0.4) is 0 Å². The lowest BCUT2D eigenvalue weighted by atomic mass is 9.97. The van der Waals surface area contributed by atoms with Gasteiger partial charge in [-0.3, -0.25) is 4.79 Å². The van der Waals surface area contributed by atoms with Crippen molar-refractivity contribution in [3.63, 3.8) is 0 Å². The molecule has 34 heavy (non-hydrogen) atoms. The molecule has 6 nitrogen and oxygen atoms in total. The SMILES string of the molecule is Br.Br.COc1cc(C=C2CCCN([C@@H](C)c3ccc(F)cc3)C2=O)ccc1-n1cnc(C)c1.O. The molecule has 1 aromatic heterocycles. The molecule has 1 saturated heterocycles. The number of amides is 1. The number of aromatic nitrogens is 2. The first-order chi connectivity index (χ1) is 15.0. The smallest absolute Gasteiger partial charge is 0.250 e. The van der Waals surface area contributed by atoms with Crippen LogP contribution in [0.5, 0.6) is 5.75 Å². The Morgan fingerprint density at radius 1 is 1.15 bits per heavy atom. The fourth-order valence-electron chi connectivity index (χ4n) is 4.01. The van der Waals surface area contributed by atoms with E-state index in [0.29, 0.717) is 12.3 Å². The second kappa shape index (κ2) is 12.8. The van der Waals surface area contributed by atoms with Gasteiger partial charge in [0.15, 0.2) is 0 Å². The average molecular weight is 599 g/mol. The summed E-state index contributed by atoms with van der Waals surface area (Å²) in [7, 11) is 1.64. The van der Waals surface area contributed by atoms with Crippen molar-refractivity contribution < 1.29 is 19.4 Å². The second-order valence-corrected chi connectivity index (χ2v) is 7.85. The molecular weight excluding hydrogens is 569 g/mol. The Hall–Kier alpha value is -2.49. The number of carbonyl (C=O) groups is 1. The van der Waals surface area contributed by atoms with E-state index in [2.05, 4.69) is 4.98 Å². The Balaban J connectivity index is 0.00000193. The maximum atomic E-state index is 13.3. The van der Waals surface area contributed by atoms with E-state index >= 15 is 0 Å². The molecule has 1 aliphatic rings. The highest BCUT2D eigenvalue weighted by atomic mass is 79.9. The van der Waals surface area contributed by atoms with Gasteiger partial charge in [-0.05, 0) is 68.2 Å². The highest BCUT2D eigenvalue weighted by Gasteiger charge is 2.28. The molecule has 1 fully saturated rings. The molecule has 1 atom stereocenters. The van der Waals surface area contributed by atoms with Crippen LogP contribution in [-0.2, 0) is 4.79 Å². The molecule has 2 N–H and O–H groups in total. The number of rotatable bonds is 5. The highest BCUT2D eigenvalue weighted by molar-refractivity contribution is 8.93. The Morgan fingerprint density at radius 3 is 2.47 bits per heavy atom. The summed E-state index contributed by atoms with van der Waals surface area (Å²) < 4.78 is 20.8. The molecule has 2 aromatic carbocycles. The number of methoxy groups -OCH3 is 1. The number of piperidine rings is 1. The van der Waals surface area contributed by atoms with Crippen LogP contribution in [0.4, 0.5) is 4.39 Å². The zero-order chi connectivity index (χ0) is 22.0. The molecule has 0 unspecified atom stereocenters. The molecule has 3 aromatic rings. The number of aryl methyl sites for hydroxylation is 1. The van der Waals surface area contributed by atoms with Gasteiger partial charge < -0.3 is 19.7 Å². The third-order valence-corrected chi connectivity index (χ3v) is 5.74. The van der Waals surface area contributed by atoms with Crippen LogP contribution in [0.1, 0.15) is 42.6 Å². The molecular formula is C25H30Br2FN3O3. The van der Waals surface area contributed by atoms with Gasteiger partial charge in [0.25, 0.3) is 0 Å². The van der Waals surface area contributed by atoms with Gasteiger partial charge in [0.2, 0.25) is 5.91 Å². The first-order valence-corrected chi connectivity index (χ1v) is 10.4. The fourth-order valence-corrected chi connectivity index (χ4v) is 4.01. The van der Waals surface area contributed by atoms with Crippen LogP contribution in [0.15, 0.2) is 60.6 Å². The number of imidazole rings is 1. The van der Waals surface area contributed by atoms with Crippen LogP contribution >= 0.6 is 34.0 Å². The first kappa shape index (κ1) is 29.5. The second-order valence-electron chi connectivity index (χ2n) is 7.85. The summed E-state index contributed by atoms with van der Waals surface area (Å²) in [5.74, 6) is 0.465. The predicted molar refractivity (Wildman–Crippen MR) is 143 cm³/mol. The van der Waals surface area contributed by atoms with Gasteiger partial charge in [0.05, 0.1) is 30.9 Å². The van der Waals surface area contributed by atoms with Gasteiger partial charge in [0.1, 0.15) is 11.6 Å². The van der Waals surface area contributed by atoms with E-state index in [1.165, 1.54) is 12.1 Å². The van der Waals surface area contributed by atoms with Gasteiger partial charge in [0, 0.05) is 18.3 Å². The summed E-state index contributed by atoms with van der Waals surface area (Å²) in [5, 5.41) is 0. The maximum Gasteiger partial charge on any atom is 0.250 e. The van der Waals surface area contributed by atoms with Crippen LogP contribution in [-0.4, -0.2) is 39.5 Å². The van der Waals surface area contributed by atoms with Crippen molar-refractivity contribution in [3.05, 3.63) is 83.2 Å². The van der Waals surface area contributed by atoms with Crippen molar-refractivity contribution in [2.45, 2.75) is 32.7 Å². The number of benzene rings is 2. The van der Waals surface area contributed by atoms with Crippen molar-refractivity contribution in [2.24, 2.45) is 0 Å². The summed E-state index contributed by atoms with van der Waals surface area (Å²) in [6.07, 6.45) is 7.26. The Labute approximate surface area is 220 Å². The lowest BCUT2D eigenvalue weighted by Crippen LogP contribution is -2.38. The molecule has 4 rings (SSSR count). The number of hydrogen-bond donors (Lipinski definition) is 0. The number of halogens is 3. The van der Waals surface area contributed by atoms with Gasteiger partial charge in [-0.2, -0.15) is 0 Å². The van der Waals surface area contributed by atoms with Crippen LogP contribution < -0.4 is 4.74 Å². The van der Waals surface area contributed by atoms with Gasteiger partial charge in [-0.1, -0.05) is 18.2 Å². The van der Waals surface area contributed by atoms with E-state index in [1.807, 2.05) is 53.8 Å². The van der Waals surface area contributed by atoms with Crippen molar-refractivity contribution in [3.8, 4) is 11.4 Å². The number of carbonyl (C=O) groups excluding carboxylic acids is 1. The number of likely N-dealkylation sites (tertiary alicyclic amines) is 1. The third-order valence-electron chi connectivity index (χ3n) is 5.74. The molecule has 184 valence electrons. The van der Waals surface area contributed by atoms with Gasteiger partial charge in [-0.25, -0.2) is 9.37 Å². The molecule has 0 bridgehead atoms. The first-order valence-electron chi connectivity index (χ1n) is 10.4. The van der Waals surface area contributed by atoms with Crippen LogP contribution in [0, 0.1) is 12.7 Å². The van der Waals surface area contributed by atoms with Gasteiger partial charge in [-0.15, -0.1) is 34.0 Å². The minimum Gasteiger partial charge on any atom is -0.495 e. The monoisotopic (exact) mass is 597 g/mol. The number of hydrogen-bond acceptors (Lipinski definition) is 3. The van der Waals surface area contributed by atoms with Crippen LogP contribution in [0.2, 0.25) is 0 Å². The largest absolute Gasteiger partial charge is 0.495 e. The normalized spacial score (nSPS) is 15.1. The quantitative estimate of drug-likeness (QED) is 0.368. The van der Waals surface area contributed by atoms with E-state index in [4.69, 9.17) is 4.74 Å². The summed E-state index contributed by atoms with van der Waals surface area (Å²) >= 11 is 0. The van der Waals surface area contributed by atoms with E-state index in [-0.39, 0.29) is 57.2 Å². The average Bonchev–Trinajstić information content (AvgIpc) is 3.21. The molecule has 2 heterocycles. The lowest BCUT2D eigenvalue weighted by Gasteiger charge is -2.34. The third kappa shape index (κ3) is 6.34. The van der Waals surface area contributed by atoms with Crippen molar-refractivity contribution in [2.75, 3.05) is 13.7 Å². The van der Waals surface area contributed by atoms with Crippen molar-refractivity contribution in [1.82, 2.24) is 14.5 Å². The Morgan fingerprint density at radius 2 is 1.85 bits per heavy atom. The fraction of sp³-hybridized carbons (Fsp3) is 0.280. The Kier molecular flexibility index (Phi) is 11.1. The molecule has 0 spiro atoms.